The van der Waals surface area contributed by atoms with E-state index in [1.165, 1.54) is 0 Å². The molecule has 0 bridgehead atoms. The van der Waals surface area contributed by atoms with E-state index in [-0.39, 0.29) is 11.6 Å². The summed E-state index contributed by atoms with van der Waals surface area (Å²) < 4.78 is 1.56. The largest absolute Gasteiger partial charge is 0.398 e. The average molecular weight is 294 g/mol. The zero-order chi connectivity index (χ0) is 15.7. The first-order valence-electron chi connectivity index (χ1n) is 7.25. The molecule has 0 saturated carbocycles. The highest BCUT2D eigenvalue weighted by molar-refractivity contribution is 5.89. The van der Waals surface area contributed by atoms with Crippen LogP contribution in [0.4, 0.5) is 5.69 Å². The Morgan fingerprint density at radius 1 is 1.14 bits per heavy atom. The number of rotatable bonds is 3. The van der Waals surface area contributed by atoms with Crippen molar-refractivity contribution in [1.29, 1.82) is 0 Å². The number of fused-ring (bicyclic) bond motifs is 1. The monoisotopic (exact) mass is 294 g/mol. The quantitative estimate of drug-likeness (QED) is 0.726. The van der Waals surface area contributed by atoms with Gasteiger partial charge in [-0.2, -0.15) is 0 Å². The lowest BCUT2D eigenvalue weighted by molar-refractivity contribution is 0.623. The maximum Gasteiger partial charge on any atom is 0.268 e. The number of hydrogen-bond acceptors (Lipinski definition) is 4. The number of para-hydroxylation sites is 1. The van der Waals surface area contributed by atoms with Crippen molar-refractivity contribution >= 4 is 16.6 Å². The SMILES string of the molecule is CC[C@H](N)c1nc2cccc(N)c2c(=O)n1-c1ccccc1. The molecule has 0 saturated heterocycles. The third-order valence-electron chi connectivity index (χ3n) is 3.74. The van der Waals surface area contributed by atoms with Crippen LogP contribution in [-0.4, -0.2) is 9.55 Å². The van der Waals surface area contributed by atoms with E-state index < -0.39 is 0 Å². The van der Waals surface area contributed by atoms with Gasteiger partial charge >= 0.3 is 0 Å². The Bertz CT molecular complexity index is 871. The molecule has 0 amide bonds. The molecular formula is C17H18N4O. The topological polar surface area (TPSA) is 86.9 Å². The molecule has 1 atom stereocenters. The predicted molar refractivity (Wildman–Crippen MR) is 89.0 cm³/mol. The van der Waals surface area contributed by atoms with Crippen LogP contribution in [-0.2, 0) is 0 Å². The van der Waals surface area contributed by atoms with Crippen LogP contribution in [0.15, 0.2) is 53.3 Å². The Kier molecular flexibility index (Phi) is 3.65. The van der Waals surface area contributed by atoms with Gasteiger partial charge in [-0.3, -0.25) is 9.36 Å². The second-order valence-corrected chi connectivity index (χ2v) is 5.20. The molecule has 2 aromatic carbocycles. The first-order chi connectivity index (χ1) is 10.6. The van der Waals surface area contributed by atoms with Crippen LogP contribution in [0.5, 0.6) is 0 Å². The Hall–Kier alpha value is -2.66. The van der Waals surface area contributed by atoms with E-state index in [1.54, 1.807) is 22.8 Å². The van der Waals surface area contributed by atoms with Crippen molar-refractivity contribution in [3.63, 3.8) is 0 Å². The maximum absolute atomic E-state index is 13.0. The molecule has 5 heteroatoms. The number of hydrogen-bond donors (Lipinski definition) is 2. The van der Waals surface area contributed by atoms with Gasteiger partial charge in [0.05, 0.1) is 22.6 Å². The van der Waals surface area contributed by atoms with Crippen LogP contribution >= 0.6 is 0 Å². The maximum atomic E-state index is 13.0. The van der Waals surface area contributed by atoms with E-state index in [0.717, 1.165) is 5.69 Å². The van der Waals surface area contributed by atoms with Crippen LogP contribution in [0, 0.1) is 0 Å². The Labute approximate surface area is 128 Å². The first kappa shape index (κ1) is 14.3. The molecule has 3 rings (SSSR count). The van der Waals surface area contributed by atoms with Gasteiger partial charge in [-0.15, -0.1) is 0 Å². The van der Waals surface area contributed by atoms with Gasteiger partial charge in [-0.1, -0.05) is 31.2 Å². The van der Waals surface area contributed by atoms with Gasteiger partial charge in [0.2, 0.25) is 0 Å². The normalized spacial score (nSPS) is 12.5. The minimum absolute atomic E-state index is 0.187. The summed E-state index contributed by atoms with van der Waals surface area (Å²) in [6.45, 7) is 1.97. The first-order valence-corrected chi connectivity index (χ1v) is 7.25. The van der Waals surface area contributed by atoms with Gasteiger partial charge in [0.25, 0.3) is 5.56 Å². The fourth-order valence-corrected chi connectivity index (χ4v) is 2.53. The second kappa shape index (κ2) is 5.61. The van der Waals surface area contributed by atoms with Gasteiger partial charge < -0.3 is 11.5 Å². The summed E-state index contributed by atoms with van der Waals surface area (Å²) in [5, 5.41) is 0.429. The van der Waals surface area contributed by atoms with E-state index in [9.17, 15) is 4.79 Å². The molecule has 0 aliphatic carbocycles. The molecule has 0 unspecified atom stereocenters. The lowest BCUT2D eigenvalue weighted by Crippen LogP contribution is -2.28. The number of nitrogens with zero attached hydrogens (tertiary/aromatic N) is 2. The Morgan fingerprint density at radius 2 is 1.86 bits per heavy atom. The fraction of sp³-hybridized carbons (Fsp3) is 0.176. The zero-order valence-corrected chi connectivity index (χ0v) is 12.4. The molecule has 1 heterocycles. The number of benzene rings is 2. The van der Waals surface area contributed by atoms with Crippen molar-refractivity contribution in [2.75, 3.05) is 5.73 Å². The second-order valence-electron chi connectivity index (χ2n) is 5.20. The Morgan fingerprint density at radius 3 is 2.55 bits per heavy atom. The summed E-state index contributed by atoms with van der Waals surface area (Å²) in [5.74, 6) is 0.553. The smallest absolute Gasteiger partial charge is 0.268 e. The van der Waals surface area contributed by atoms with Crippen LogP contribution < -0.4 is 17.0 Å². The van der Waals surface area contributed by atoms with Crippen molar-refractivity contribution in [3.8, 4) is 5.69 Å². The summed E-state index contributed by atoms with van der Waals surface area (Å²) in [6, 6.07) is 14.3. The van der Waals surface area contributed by atoms with Crippen LogP contribution in [0.1, 0.15) is 25.2 Å². The molecule has 0 aliphatic rings. The molecule has 5 nitrogen and oxygen atoms in total. The highest BCUT2D eigenvalue weighted by Crippen LogP contribution is 2.21. The summed E-state index contributed by atoms with van der Waals surface area (Å²) in [5.41, 5.74) is 13.7. The highest BCUT2D eigenvalue weighted by atomic mass is 16.1. The minimum atomic E-state index is -0.321. The van der Waals surface area contributed by atoms with Gasteiger partial charge in [-0.25, -0.2) is 4.98 Å². The van der Waals surface area contributed by atoms with Crippen LogP contribution in [0.3, 0.4) is 0 Å². The highest BCUT2D eigenvalue weighted by Gasteiger charge is 2.18. The summed E-state index contributed by atoms with van der Waals surface area (Å²) >= 11 is 0. The third kappa shape index (κ3) is 2.25. The number of aromatic nitrogens is 2. The number of nitrogen functional groups attached to an aromatic ring is 1. The summed E-state index contributed by atoms with van der Waals surface area (Å²) in [4.78, 5) is 17.6. The van der Waals surface area contributed by atoms with Gasteiger partial charge in [0, 0.05) is 5.69 Å². The van der Waals surface area contributed by atoms with E-state index in [0.29, 0.717) is 28.8 Å². The van der Waals surface area contributed by atoms with Crippen LogP contribution in [0.2, 0.25) is 0 Å². The lowest BCUT2D eigenvalue weighted by Gasteiger charge is -2.17. The number of nitrogens with two attached hydrogens (primary N) is 2. The van der Waals surface area contributed by atoms with E-state index in [4.69, 9.17) is 11.5 Å². The van der Waals surface area contributed by atoms with E-state index in [1.807, 2.05) is 37.3 Å². The van der Waals surface area contributed by atoms with Gasteiger partial charge in [0.15, 0.2) is 0 Å². The number of anilines is 1. The standard InChI is InChI=1S/C17H18N4O/c1-2-12(18)16-20-14-10-6-9-13(19)15(14)17(22)21(16)11-7-4-3-5-8-11/h3-10,12H,2,18-19H2,1H3/t12-/m0/s1. The lowest BCUT2D eigenvalue weighted by atomic mass is 10.1. The van der Waals surface area contributed by atoms with E-state index >= 15 is 0 Å². The van der Waals surface area contributed by atoms with Gasteiger partial charge in [-0.05, 0) is 30.7 Å². The molecule has 0 radical (unpaired) electrons. The molecule has 112 valence electrons. The minimum Gasteiger partial charge on any atom is -0.398 e. The molecule has 3 aromatic rings. The molecule has 0 aliphatic heterocycles. The average Bonchev–Trinajstić information content (AvgIpc) is 2.54. The molecule has 0 spiro atoms. The van der Waals surface area contributed by atoms with Crippen molar-refractivity contribution in [1.82, 2.24) is 9.55 Å². The van der Waals surface area contributed by atoms with Crippen molar-refractivity contribution in [2.24, 2.45) is 5.73 Å². The predicted octanol–water partition coefficient (Wildman–Crippen LogP) is 2.38. The zero-order valence-electron chi connectivity index (χ0n) is 12.4. The summed E-state index contributed by atoms with van der Waals surface area (Å²) in [7, 11) is 0. The van der Waals surface area contributed by atoms with Gasteiger partial charge in [0.1, 0.15) is 5.82 Å². The van der Waals surface area contributed by atoms with Crippen molar-refractivity contribution in [3.05, 3.63) is 64.7 Å². The third-order valence-corrected chi connectivity index (χ3v) is 3.74. The fourth-order valence-electron chi connectivity index (χ4n) is 2.53. The van der Waals surface area contributed by atoms with Crippen LogP contribution in [0.25, 0.3) is 16.6 Å². The molecule has 1 aromatic heterocycles. The van der Waals surface area contributed by atoms with Crippen molar-refractivity contribution < 1.29 is 0 Å². The molecule has 22 heavy (non-hydrogen) atoms. The Balaban J connectivity index is 2.44. The summed E-state index contributed by atoms with van der Waals surface area (Å²) in [6.07, 6.45) is 0.688. The molecule has 4 N–H and O–H groups in total. The van der Waals surface area contributed by atoms with E-state index in [2.05, 4.69) is 4.98 Å². The molecular weight excluding hydrogens is 276 g/mol. The molecule has 0 fully saturated rings. The van der Waals surface area contributed by atoms with Crippen molar-refractivity contribution in [2.45, 2.75) is 19.4 Å².